The maximum Gasteiger partial charge on any atom is 0.258 e. The molecule has 1 aliphatic heterocycles. The molecule has 1 aliphatic rings. The molecule has 3 aromatic rings. The van der Waals surface area contributed by atoms with E-state index < -0.39 is 5.82 Å². The highest BCUT2D eigenvalue weighted by atomic mass is 19.1. The summed E-state index contributed by atoms with van der Waals surface area (Å²) in [5.41, 5.74) is 2.22. The molecule has 7 heteroatoms. The molecule has 0 radical (unpaired) electrons. The van der Waals surface area contributed by atoms with Gasteiger partial charge in [0.2, 0.25) is 0 Å². The molecule has 1 saturated heterocycles. The topological polar surface area (TPSA) is 62.5 Å². The Morgan fingerprint density at radius 3 is 2.96 bits per heavy atom. The van der Waals surface area contributed by atoms with Crippen molar-refractivity contribution in [1.29, 1.82) is 0 Å². The molecule has 4 rings (SSSR count). The Labute approximate surface area is 144 Å². The van der Waals surface area contributed by atoms with Crippen molar-refractivity contribution in [2.45, 2.75) is 13.0 Å². The van der Waals surface area contributed by atoms with Crippen LogP contribution in [0.15, 0.2) is 47.7 Å². The Balaban J connectivity index is 1.76. The van der Waals surface area contributed by atoms with Crippen LogP contribution in [0.1, 0.15) is 6.92 Å². The number of fused-ring (bicyclic) bond motifs is 1. The third kappa shape index (κ3) is 3.10. The van der Waals surface area contributed by atoms with Crippen LogP contribution in [-0.2, 0) is 0 Å². The first-order chi connectivity index (χ1) is 12.1. The van der Waals surface area contributed by atoms with Crippen molar-refractivity contribution in [3.05, 3.63) is 59.0 Å². The Morgan fingerprint density at radius 2 is 2.16 bits per heavy atom. The van der Waals surface area contributed by atoms with E-state index in [2.05, 4.69) is 27.1 Å². The zero-order valence-electron chi connectivity index (χ0n) is 13.8. The summed E-state index contributed by atoms with van der Waals surface area (Å²) in [7, 11) is 0. The first-order valence-electron chi connectivity index (χ1n) is 8.23. The molecule has 0 aromatic carbocycles. The van der Waals surface area contributed by atoms with Crippen molar-refractivity contribution in [3.63, 3.8) is 0 Å². The molecule has 1 atom stereocenters. The smallest absolute Gasteiger partial charge is 0.258 e. The summed E-state index contributed by atoms with van der Waals surface area (Å²) in [5.74, 6) is -0.456. The molecule has 6 nitrogen and oxygen atoms in total. The number of anilines is 1. The van der Waals surface area contributed by atoms with E-state index in [1.54, 1.807) is 0 Å². The van der Waals surface area contributed by atoms with E-state index in [1.165, 1.54) is 22.7 Å². The highest BCUT2D eigenvalue weighted by Gasteiger charge is 2.16. The van der Waals surface area contributed by atoms with Crippen LogP contribution in [0.3, 0.4) is 0 Å². The second-order valence-corrected chi connectivity index (χ2v) is 6.29. The van der Waals surface area contributed by atoms with Gasteiger partial charge in [0.05, 0.1) is 17.6 Å². The zero-order valence-corrected chi connectivity index (χ0v) is 13.8. The molecule has 0 amide bonds. The van der Waals surface area contributed by atoms with Gasteiger partial charge >= 0.3 is 0 Å². The lowest BCUT2D eigenvalue weighted by atomic mass is 10.2. The number of rotatable bonds is 2. The quantitative estimate of drug-likeness (QED) is 0.770. The Morgan fingerprint density at radius 1 is 1.28 bits per heavy atom. The second-order valence-electron chi connectivity index (χ2n) is 6.29. The average Bonchev–Trinajstić information content (AvgIpc) is 2.61. The van der Waals surface area contributed by atoms with Crippen LogP contribution in [-0.4, -0.2) is 40.0 Å². The van der Waals surface area contributed by atoms with Crippen LogP contribution >= 0.6 is 0 Å². The lowest BCUT2D eigenvalue weighted by Gasteiger charge is -2.33. The SMILES string of the molecule is CC1CN(c2ccc3nc(-c4cncc(F)c4)cc(=O)n3c2)CCN1. The van der Waals surface area contributed by atoms with Crippen LogP contribution in [0, 0.1) is 5.82 Å². The van der Waals surface area contributed by atoms with Crippen LogP contribution in [0.5, 0.6) is 0 Å². The second kappa shape index (κ2) is 6.25. The predicted molar refractivity (Wildman–Crippen MR) is 94.3 cm³/mol. The number of hydrogen-bond acceptors (Lipinski definition) is 5. The number of hydrogen-bond donors (Lipinski definition) is 1. The number of nitrogens with zero attached hydrogens (tertiary/aromatic N) is 4. The minimum atomic E-state index is -0.456. The minimum Gasteiger partial charge on any atom is -0.368 e. The molecule has 128 valence electrons. The average molecular weight is 339 g/mol. The number of halogens is 1. The van der Waals surface area contributed by atoms with E-state index in [9.17, 15) is 9.18 Å². The van der Waals surface area contributed by atoms with Gasteiger partial charge in [-0.2, -0.15) is 0 Å². The molecular weight excluding hydrogens is 321 g/mol. The number of pyridine rings is 2. The molecular formula is C18H18FN5O. The molecule has 1 N–H and O–H groups in total. The lowest BCUT2D eigenvalue weighted by Crippen LogP contribution is -2.49. The van der Waals surface area contributed by atoms with Gasteiger partial charge in [0.25, 0.3) is 5.56 Å². The van der Waals surface area contributed by atoms with E-state index in [0.717, 1.165) is 31.5 Å². The van der Waals surface area contributed by atoms with Gasteiger partial charge in [-0.1, -0.05) is 0 Å². The van der Waals surface area contributed by atoms with E-state index in [1.807, 2.05) is 18.3 Å². The van der Waals surface area contributed by atoms with E-state index in [0.29, 0.717) is 22.9 Å². The molecule has 0 bridgehead atoms. The number of piperazine rings is 1. The number of nitrogens with one attached hydrogen (secondary N) is 1. The van der Waals surface area contributed by atoms with Crippen molar-refractivity contribution < 1.29 is 4.39 Å². The summed E-state index contributed by atoms with van der Waals surface area (Å²) in [5, 5.41) is 3.40. The molecule has 1 fully saturated rings. The number of aromatic nitrogens is 3. The van der Waals surface area contributed by atoms with Gasteiger partial charge in [-0.05, 0) is 25.1 Å². The van der Waals surface area contributed by atoms with Gasteiger partial charge in [0.1, 0.15) is 11.5 Å². The fourth-order valence-electron chi connectivity index (χ4n) is 3.15. The van der Waals surface area contributed by atoms with Crippen LogP contribution in [0.4, 0.5) is 10.1 Å². The fourth-order valence-corrected chi connectivity index (χ4v) is 3.15. The van der Waals surface area contributed by atoms with Crippen molar-refractivity contribution in [1.82, 2.24) is 19.7 Å². The van der Waals surface area contributed by atoms with Gasteiger partial charge in [-0.15, -0.1) is 0 Å². The van der Waals surface area contributed by atoms with E-state index >= 15 is 0 Å². The molecule has 1 unspecified atom stereocenters. The van der Waals surface area contributed by atoms with Crippen LogP contribution < -0.4 is 15.8 Å². The van der Waals surface area contributed by atoms with E-state index in [4.69, 9.17) is 0 Å². The third-order valence-electron chi connectivity index (χ3n) is 4.38. The summed E-state index contributed by atoms with van der Waals surface area (Å²) in [6.45, 7) is 4.84. The third-order valence-corrected chi connectivity index (χ3v) is 4.38. The molecule has 0 aliphatic carbocycles. The standard InChI is InChI=1S/C18H18FN5O/c1-12-10-23(5-4-21-12)15-2-3-17-22-16(7-18(25)24(17)11-15)13-6-14(19)9-20-8-13/h2-3,6-9,11-12,21H,4-5,10H2,1H3. The molecule has 4 heterocycles. The Kier molecular flexibility index (Phi) is 3.93. The molecule has 3 aromatic heterocycles. The Bertz CT molecular complexity index is 987. The Hall–Kier alpha value is -2.80. The largest absolute Gasteiger partial charge is 0.368 e. The van der Waals surface area contributed by atoms with E-state index in [-0.39, 0.29) is 5.56 Å². The lowest BCUT2D eigenvalue weighted by molar-refractivity contribution is 0.484. The van der Waals surface area contributed by atoms with Gasteiger partial charge in [0.15, 0.2) is 0 Å². The highest BCUT2D eigenvalue weighted by molar-refractivity contribution is 5.61. The monoisotopic (exact) mass is 339 g/mol. The fraction of sp³-hybridized carbons (Fsp3) is 0.278. The summed E-state index contributed by atoms with van der Waals surface area (Å²) >= 11 is 0. The summed E-state index contributed by atoms with van der Waals surface area (Å²) < 4.78 is 14.9. The van der Waals surface area contributed by atoms with Crippen LogP contribution in [0.2, 0.25) is 0 Å². The van der Waals surface area contributed by atoms with Crippen molar-refractivity contribution >= 4 is 11.3 Å². The van der Waals surface area contributed by atoms with Gasteiger partial charge in [-0.25, -0.2) is 9.37 Å². The summed E-state index contributed by atoms with van der Waals surface area (Å²) in [4.78, 5) is 23.1. The zero-order chi connectivity index (χ0) is 17.4. The first-order valence-corrected chi connectivity index (χ1v) is 8.23. The van der Waals surface area contributed by atoms with Gasteiger partial charge in [-0.3, -0.25) is 14.2 Å². The van der Waals surface area contributed by atoms with Crippen molar-refractivity contribution in [2.24, 2.45) is 0 Å². The first kappa shape index (κ1) is 15.7. The maximum atomic E-state index is 13.4. The molecule has 0 spiro atoms. The van der Waals surface area contributed by atoms with Crippen molar-refractivity contribution in [3.8, 4) is 11.3 Å². The molecule has 25 heavy (non-hydrogen) atoms. The minimum absolute atomic E-state index is 0.200. The normalized spacial score (nSPS) is 17.8. The molecule has 0 saturated carbocycles. The summed E-state index contributed by atoms with van der Waals surface area (Å²) in [6, 6.07) is 6.92. The maximum absolute atomic E-state index is 13.4. The summed E-state index contributed by atoms with van der Waals surface area (Å²) in [6.07, 6.45) is 4.44. The van der Waals surface area contributed by atoms with Crippen molar-refractivity contribution in [2.75, 3.05) is 24.5 Å². The predicted octanol–water partition coefficient (Wildman–Crippen LogP) is 1.69. The van der Waals surface area contributed by atoms with Crippen LogP contribution in [0.25, 0.3) is 16.9 Å². The van der Waals surface area contributed by atoms with Gasteiger partial charge < -0.3 is 10.2 Å². The highest BCUT2D eigenvalue weighted by Crippen LogP contribution is 2.19. The van der Waals surface area contributed by atoms with Gasteiger partial charge in [0, 0.05) is 49.7 Å².